The maximum atomic E-state index is 13.1. The second-order valence-electron chi connectivity index (χ2n) is 8.37. The van der Waals surface area contributed by atoms with E-state index in [2.05, 4.69) is 28.5 Å². The molecule has 3 aromatic rings. The van der Waals surface area contributed by atoms with Crippen LogP contribution in [0.2, 0.25) is 0 Å². The molecule has 3 heterocycles. The molecule has 3 aromatic heterocycles. The zero-order valence-corrected chi connectivity index (χ0v) is 18.6. The number of nitrogens with one attached hydrogen (secondary N) is 2. The molecule has 0 fully saturated rings. The fourth-order valence-electron chi connectivity index (χ4n) is 3.82. The number of aromatic nitrogens is 2. The Hall–Kier alpha value is -2.86. The lowest BCUT2D eigenvalue weighted by atomic mass is 10.0. The molecule has 1 atom stereocenters. The maximum Gasteiger partial charge on any atom is 0.253 e. The molecule has 160 valence electrons. The fraction of sp³-hybridized carbons (Fsp3) is 0.417. The van der Waals surface area contributed by atoms with E-state index in [-0.39, 0.29) is 24.1 Å². The Bertz CT molecular complexity index is 1120. The smallest absolute Gasteiger partial charge is 0.253 e. The van der Waals surface area contributed by atoms with E-state index >= 15 is 0 Å². The number of aromatic amines is 1. The summed E-state index contributed by atoms with van der Waals surface area (Å²) < 4.78 is 8.13. The first-order valence-corrected chi connectivity index (χ1v) is 10.4. The highest BCUT2D eigenvalue weighted by Gasteiger charge is 2.20. The van der Waals surface area contributed by atoms with Gasteiger partial charge in [-0.05, 0) is 69.0 Å². The number of hydrogen-bond acceptors (Lipinski definition) is 3. The van der Waals surface area contributed by atoms with E-state index in [9.17, 15) is 9.59 Å². The van der Waals surface area contributed by atoms with Crippen LogP contribution in [-0.2, 0) is 11.3 Å². The van der Waals surface area contributed by atoms with E-state index in [1.165, 1.54) is 0 Å². The van der Waals surface area contributed by atoms with Gasteiger partial charge < -0.3 is 19.4 Å². The van der Waals surface area contributed by atoms with Gasteiger partial charge in [-0.1, -0.05) is 13.8 Å². The largest absolute Gasteiger partial charge is 0.372 e. The molecule has 0 aromatic carbocycles. The van der Waals surface area contributed by atoms with E-state index < -0.39 is 0 Å². The second kappa shape index (κ2) is 8.88. The third-order valence-electron chi connectivity index (χ3n) is 5.35. The van der Waals surface area contributed by atoms with Gasteiger partial charge in [-0.3, -0.25) is 9.59 Å². The summed E-state index contributed by atoms with van der Waals surface area (Å²) in [5.41, 5.74) is 5.46. The number of pyridine rings is 2. The second-order valence-corrected chi connectivity index (χ2v) is 8.37. The fourth-order valence-corrected chi connectivity index (χ4v) is 3.82. The average Bonchev–Trinajstić information content (AvgIpc) is 3.12. The number of carbonyl (C=O) groups excluding carboxylic acids is 1. The third-order valence-corrected chi connectivity index (χ3v) is 5.35. The summed E-state index contributed by atoms with van der Waals surface area (Å²) in [5.74, 6) is 0.225. The zero-order valence-electron chi connectivity index (χ0n) is 18.6. The molecule has 0 bridgehead atoms. The molecular formula is C24H31N3O3. The van der Waals surface area contributed by atoms with Gasteiger partial charge in [-0.15, -0.1) is 0 Å². The summed E-state index contributed by atoms with van der Waals surface area (Å²) in [7, 11) is 0. The minimum absolute atomic E-state index is 0.155. The predicted octanol–water partition coefficient (Wildman–Crippen LogP) is 4.22. The first-order valence-electron chi connectivity index (χ1n) is 10.4. The van der Waals surface area contributed by atoms with Crippen molar-refractivity contribution in [2.24, 2.45) is 5.92 Å². The normalized spacial score (nSPS) is 12.5. The number of carbonyl (C=O) groups is 1. The zero-order chi connectivity index (χ0) is 22.0. The molecule has 2 N–H and O–H groups in total. The van der Waals surface area contributed by atoms with Crippen LogP contribution < -0.4 is 10.9 Å². The third kappa shape index (κ3) is 4.49. The summed E-state index contributed by atoms with van der Waals surface area (Å²) in [5, 5.41) is 2.92. The molecule has 30 heavy (non-hydrogen) atoms. The minimum Gasteiger partial charge on any atom is -0.372 e. The van der Waals surface area contributed by atoms with E-state index in [0.29, 0.717) is 23.7 Å². The lowest BCUT2D eigenvalue weighted by Crippen LogP contribution is -2.29. The molecule has 0 saturated carbocycles. The number of rotatable bonds is 7. The van der Waals surface area contributed by atoms with Crippen molar-refractivity contribution in [3.63, 3.8) is 0 Å². The molecule has 0 aliphatic rings. The molecule has 6 heteroatoms. The van der Waals surface area contributed by atoms with Crippen molar-refractivity contribution < 1.29 is 9.53 Å². The van der Waals surface area contributed by atoms with E-state index in [1.807, 2.05) is 58.2 Å². The van der Waals surface area contributed by atoms with Gasteiger partial charge >= 0.3 is 0 Å². The first kappa shape index (κ1) is 21.8. The van der Waals surface area contributed by atoms with Crippen LogP contribution in [-0.4, -0.2) is 21.9 Å². The Morgan fingerprint density at radius 2 is 1.93 bits per heavy atom. The average molecular weight is 410 g/mol. The Morgan fingerprint density at radius 1 is 1.20 bits per heavy atom. The van der Waals surface area contributed by atoms with Crippen LogP contribution in [0.4, 0.5) is 0 Å². The Morgan fingerprint density at radius 3 is 2.60 bits per heavy atom. The lowest BCUT2D eigenvalue weighted by molar-refractivity contribution is 0.0432. The molecule has 1 unspecified atom stereocenters. The number of aryl methyl sites for hydroxylation is 2. The van der Waals surface area contributed by atoms with Crippen LogP contribution in [0.25, 0.3) is 5.52 Å². The van der Waals surface area contributed by atoms with E-state index in [0.717, 1.165) is 28.0 Å². The number of ether oxygens (including phenoxy) is 1. The minimum atomic E-state index is -0.201. The Balaban J connectivity index is 1.91. The van der Waals surface area contributed by atoms with Gasteiger partial charge in [0.15, 0.2) is 0 Å². The number of H-pyrrole nitrogens is 1. The van der Waals surface area contributed by atoms with Gasteiger partial charge in [0.25, 0.3) is 11.5 Å². The van der Waals surface area contributed by atoms with Crippen molar-refractivity contribution >= 4 is 11.4 Å². The molecule has 1 amide bonds. The van der Waals surface area contributed by atoms with Gasteiger partial charge in [-0.2, -0.15) is 0 Å². The van der Waals surface area contributed by atoms with Crippen molar-refractivity contribution in [3.8, 4) is 0 Å². The molecule has 0 spiro atoms. The van der Waals surface area contributed by atoms with Crippen molar-refractivity contribution in [1.29, 1.82) is 0 Å². The van der Waals surface area contributed by atoms with Gasteiger partial charge in [-0.25, -0.2) is 0 Å². The number of hydrogen-bond donors (Lipinski definition) is 2. The number of amides is 1. The Labute approximate surface area is 177 Å². The lowest BCUT2D eigenvalue weighted by Gasteiger charge is -2.21. The summed E-state index contributed by atoms with van der Waals surface area (Å²) in [6.45, 7) is 12.7. The summed E-state index contributed by atoms with van der Waals surface area (Å²) in [4.78, 5) is 28.1. The summed E-state index contributed by atoms with van der Waals surface area (Å²) >= 11 is 0. The van der Waals surface area contributed by atoms with Crippen molar-refractivity contribution in [2.75, 3.05) is 6.61 Å². The van der Waals surface area contributed by atoms with Crippen molar-refractivity contribution in [2.45, 2.75) is 54.2 Å². The van der Waals surface area contributed by atoms with Gasteiger partial charge in [0, 0.05) is 41.7 Å². The van der Waals surface area contributed by atoms with Crippen LogP contribution in [0.5, 0.6) is 0 Å². The van der Waals surface area contributed by atoms with Crippen LogP contribution in [0.1, 0.15) is 65.3 Å². The van der Waals surface area contributed by atoms with Crippen LogP contribution in [0, 0.1) is 26.7 Å². The molecule has 3 rings (SSSR count). The molecule has 6 nitrogen and oxygen atoms in total. The van der Waals surface area contributed by atoms with Crippen LogP contribution in [0.3, 0.4) is 0 Å². The van der Waals surface area contributed by atoms with Crippen molar-refractivity contribution in [3.05, 3.63) is 74.5 Å². The monoisotopic (exact) mass is 409 g/mol. The quantitative estimate of drug-likeness (QED) is 0.614. The highest BCUT2D eigenvalue weighted by Crippen LogP contribution is 2.27. The highest BCUT2D eigenvalue weighted by molar-refractivity contribution is 5.97. The molecule has 0 radical (unpaired) electrons. The SMILES string of the molecule is Cc1cc(C)c(CNC(=O)c2cc3cccn3c(C(C)OCC(C)C)c2C)c(=O)[nH]1. The molecular weight excluding hydrogens is 378 g/mol. The Kier molecular flexibility index (Phi) is 6.46. The molecule has 0 aliphatic carbocycles. The van der Waals surface area contributed by atoms with Crippen molar-refractivity contribution in [1.82, 2.24) is 14.7 Å². The topological polar surface area (TPSA) is 75.6 Å². The highest BCUT2D eigenvalue weighted by atomic mass is 16.5. The standard InChI is InChI=1S/C24H31N3O3/c1-14(2)13-30-18(6)22-17(5)20(11-19-8-7-9-27(19)22)23(28)25-12-21-15(3)10-16(4)26-24(21)29/h7-11,14,18H,12-13H2,1-6H3,(H,25,28)(H,26,29). The van der Waals surface area contributed by atoms with Gasteiger partial charge in [0.05, 0.1) is 11.8 Å². The maximum absolute atomic E-state index is 13.1. The predicted molar refractivity (Wildman–Crippen MR) is 119 cm³/mol. The molecule has 0 saturated heterocycles. The van der Waals surface area contributed by atoms with Crippen LogP contribution in [0.15, 0.2) is 35.3 Å². The number of fused-ring (bicyclic) bond motifs is 1. The molecule has 0 aliphatic heterocycles. The van der Waals surface area contributed by atoms with E-state index in [1.54, 1.807) is 0 Å². The van der Waals surface area contributed by atoms with Crippen LogP contribution >= 0.6 is 0 Å². The number of nitrogens with zero attached hydrogens (tertiary/aromatic N) is 1. The first-order chi connectivity index (χ1) is 14.2. The van der Waals surface area contributed by atoms with Gasteiger partial charge in [0.1, 0.15) is 0 Å². The summed E-state index contributed by atoms with van der Waals surface area (Å²) in [6, 6.07) is 7.73. The van der Waals surface area contributed by atoms with Gasteiger partial charge in [0.2, 0.25) is 0 Å². The van der Waals surface area contributed by atoms with E-state index in [4.69, 9.17) is 4.74 Å². The summed E-state index contributed by atoms with van der Waals surface area (Å²) in [6.07, 6.45) is 1.83.